The minimum Gasteiger partial charge on any atom is -0.477 e. The van der Waals surface area contributed by atoms with Crippen LogP contribution in [0.5, 0.6) is 5.88 Å². The van der Waals surface area contributed by atoms with Gasteiger partial charge in [0.25, 0.3) is 0 Å². The van der Waals surface area contributed by atoms with Crippen molar-refractivity contribution in [3.63, 3.8) is 0 Å². The standard InChI is InChI=1S/C14H23N3O2S/c15-9-10-20(16,18)14-8-4-7-13(17-14)19-11-12-5-2-1-3-6-12/h4,7-8,12,16H,1-3,5-6,9-11,15H2. The lowest BCUT2D eigenvalue weighted by Gasteiger charge is -2.21. The maximum atomic E-state index is 12.1. The molecule has 0 spiro atoms. The Balaban J connectivity index is 1.98. The van der Waals surface area contributed by atoms with Gasteiger partial charge in [-0.2, -0.15) is 0 Å². The quantitative estimate of drug-likeness (QED) is 0.843. The zero-order valence-electron chi connectivity index (χ0n) is 11.7. The lowest BCUT2D eigenvalue weighted by Crippen LogP contribution is -2.17. The second-order valence-electron chi connectivity index (χ2n) is 5.30. The molecule has 3 N–H and O–H groups in total. The summed E-state index contributed by atoms with van der Waals surface area (Å²) >= 11 is 0. The van der Waals surface area contributed by atoms with Crippen LogP contribution in [0.25, 0.3) is 0 Å². The normalized spacial score (nSPS) is 19.4. The molecule has 112 valence electrons. The van der Waals surface area contributed by atoms with Crippen LogP contribution >= 0.6 is 0 Å². The van der Waals surface area contributed by atoms with Gasteiger partial charge in [-0.1, -0.05) is 25.3 Å². The third kappa shape index (κ3) is 4.18. The van der Waals surface area contributed by atoms with Crippen LogP contribution in [-0.4, -0.2) is 28.1 Å². The molecule has 0 aromatic carbocycles. The van der Waals surface area contributed by atoms with Crippen LogP contribution in [-0.2, 0) is 9.73 Å². The van der Waals surface area contributed by atoms with Crippen LogP contribution in [0.1, 0.15) is 32.1 Å². The van der Waals surface area contributed by atoms with Crippen LogP contribution in [0.3, 0.4) is 0 Å². The molecule has 1 aliphatic carbocycles. The van der Waals surface area contributed by atoms with Gasteiger partial charge in [0.2, 0.25) is 5.88 Å². The molecule has 1 aromatic rings. The Morgan fingerprint density at radius 3 is 2.80 bits per heavy atom. The molecular formula is C14H23N3O2S. The Morgan fingerprint density at radius 1 is 1.35 bits per heavy atom. The Bertz CT molecular complexity index is 525. The highest BCUT2D eigenvalue weighted by molar-refractivity contribution is 7.92. The van der Waals surface area contributed by atoms with Gasteiger partial charge >= 0.3 is 0 Å². The van der Waals surface area contributed by atoms with Gasteiger partial charge in [-0.05, 0) is 24.8 Å². The molecule has 0 aliphatic heterocycles. The fourth-order valence-corrected chi connectivity index (χ4v) is 3.56. The van der Waals surface area contributed by atoms with Gasteiger partial charge in [-0.3, -0.25) is 0 Å². The molecule has 1 atom stereocenters. The maximum absolute atomic E-state index is 12.1. The number of hydrogen-bond acceptors (Lipinski definition) is 5. The minimum atomic E-state index is -2.89. The highest BCUT2D eigenvalue weighted by atomic mass is 32.2. The van der Waals surface area contributed by atoms with E-state index in [2.05, 4.69) is 4.98 Å². The lowest BCUT2D eigenvalue weighted by molar-refractivity contribution is 0.202. The second-order valence-corrected chi connectivity index (χ2v) is 7.47. The first kappa shape index (κ1) is 15.3. The molecular weight excluding hydrogens is 274 g/mol. The van der Waals surface area contributed by atoms with E-state index in [1.165, 1.54) is 32.1 Å². The fraction of sp³-hybridized carbons (Fsp3) is 0.643. The maximum Gasteiger partial charge on any atom is 0.214 e. The van der Waals surface area contributed by atoms with Gasteiger partial charge < -0.3 is 10.5 Å². The lowest BCUT2D eigenvalue weighted by atomic mass is 9.90. The molecule has 1 heterocycles. The molecule has 1 unspecified atom stereocenters. The number of nitrogens with one attached hydrogen (secondary N) is 1. The number of nitrogens with zero attached hydrogens (tertiary/aromatic N) is 1. The highest BCUT2D eigenvalue weighted by Gasteiger charge is 2.15. The van der Waals surface area contributed by atoms with E-state index in [1.807, 2.05) is 0 Å². The molecule has 0 radical (unpaired) electrons. The third-order valence-corrected chi connectivity index (χ3v) is 5.35. The summed E-state index contributed by atoms with van der Waals surface area (Å²) in [5.41, 5.74) is 5.39. The van der Waals surface area contributed by atoms with Crippen LogP contribution in [0.4, 0.5) is 0 Å². The SMILES string of the molecule is N=S(=O)(CCN)c1cccc(OCC2CCCCC2)n1. The zero-order chi connectivity index (χ0) is 14.4. The van der Waals surface area contributed by atoms with Crippen molar-refractivity contribution in [3.05, 3.63) is 18.2 Å². The number of rotatable bonds is 6. The smallest absolute Gasteiger partial charge is 0.214 e. The number of pyridine rings is 1. The van der Waals surface area contributed by atoms with E-state index in [9.17, 15) is 4.21 Å². The summed E-state index contributed by atoms with van der Waals surface area (Å²) in [5.74, 6) is 1.19. The molecule has 1 saturated carbocycles. The van der Waals surface area contributed by atoms with Crippen LogP contribution < -0.4 is 10.5 Å². The highest BCUT2D eigenvalue weighted by Crippen LogP contribution is 2.24. The zero-order valence-corrected chi connectivity index (χ0v) is 12.5. The van der Waals surface area contributed by atoms with E-state index in [0.29, 0.717) is 18.4 Å². The van der Waals surface area contributed by atoms with Gasteiger partial charge in [0.05, 0.1) is 16.3 Å². The van der Waals surface area contributed by atoms with E-state index in [1.54, 1.807) is 18.2 Å². The molecule has 0 amide bonds. The van der Waals surface area contributed by atoms with Crippen molar-refractivity contribution in [2.45, 2.75) is 37.1 Å². The Kier molecular flexibility index (Phi) is 5.37. The fourth-order valence-electron chi connectivity index (χ4n) is 2.49. The van der Waals surface area contributed by atoms with E-state index < -0.39 is 9.73 Å². The first-order valence-corrected chi connectivity index (χ1v) is 8.91. The van der Waals surface area contributed by atoms with E-state index in [0.717, 1.165) is 0 Å². The predicted molar refractivity (Wildman–Crippen MR) is 79.4 cm³/mol. The van der Waals surface area contributed by atoms with Crippen LogP contribution in [0.15, 0.2) is 23.2 Å². The average molecular weight is 297 g/mol. The largest absolute Gasteiger partial charge is 0.477 e. The molecule has 1 aliphatic rings. The van der Waals surface area contributed by atoms with Crippen molar-refractivity contribution < 1.29 is 8.95 Å². The van der Waals surface area contributed by atoms with Crippen LogP contribution in [0, 0.1) is 10.7 Å². The molecule has 2 rings (SSSR count). The number of nitrogens with two attached hydrogens (primary N) is 1. The summed E-state index contributed by atoms with van der Waals surface area (Å²) < 4.78 is 25.6. The van der Waals surface area contributed by atoms with Crippen molar-refractivity contribution in [2.75, 3.05) is 18.9 Å². The molecule has 20 heavy (non-hydrogen) atoms. The Labute approximate surface area is 120 Å². The Hall–Kier alpha value is -1.14. The van der Waals surface area contributed by atoms with Crippen molar-refractivity contribution in [1.82, 2.24) is 4.98 Å². The van der Waals surface area contributed by atoms with E-state index >= 15 is 0 Å². The second kappa shape index (κ2) is 7.04. The van der Waals surface area contributed by atoms with Crippen molar-refractivity contribution in [1.29, 1.82) is 4.78 Å². The van der Waals surface area contributed by atoms with Gasteiger partial charge in [0.15, 0.2) is 0 Å². The summed E-state index contributed by atoms with van der Waals surface area (Å²) in [6, 6.07) is 5.10. The molecule has 1 aromatic heterocycles. The first-order chi connectivity index (χ1) is 9.62. The minimum absolute atomic E-state index is 0.131. The number of ether oxygens (including phenoxy) is 1. The number of aromatic nitrogens is 1. The van der Waals surface area contributed by atoms with Gasteiger partial charge in [0, 0.05) is 18.4 Å². The van der Waals surface area contributed by atoms with E-state index in [4.69, 9.17) is 15.3 Å². The molecule has 0 saturated heterocycles. The Morgan fingerprint density at radius 2 is 2.10 bits per heavy atom. The van der Waals surface area contributed by atoms with Gasteiger partial charge in [0.1, 0.15) is 5.03 Å². The van der Waals surface area contributed by atoms with Gasteiger partial charge in [-0.25, -0.2) is 14.0 Å². The summed E-state index contributed by atoms with van der Waals surface area (Å²) in [6.45, 7) is 0.879. The van der Waals surface area contributed by atoms with Crippen molar-refractivity contribution >= 4 is 9.73 Å². The topological polar surface area (TPSA) is 89.1 Å². The molecule has 5 nitrogen and oxygen atoms in total. The van der Waals surface area contributed by atoms with Crippen molar-refractivity contribution in [2.24, 2.45) is 11.7 Å². The van der Waals surface area contributed by atoms with Gasteiger partial charge in [-0.15, -0.1) is 0 Å². The monoisotopic (exact) mass is 297 g/mol. The summed E-state index contributed by atoms with van der Waals surface area (Å²) in [6.07, 6.45) is 6.30. The molecule has 0 bridgehead atoms. The van der Waals surface area contributed by atoms with Crippen molar-refractivity contribution in [3.8, 4) is 5.88 Å². The summed E-state index contributed by atoms with van der Waals surface area (Å²) in [5, 5.41) is 0.268. The third-order valence-electron chi connectivity index (χ3n) is 3.63. The molecule has 6 heteroatoms. The number of hydrogen-bond donors (Lipinski definition) is 2. The summed E-state index contributed by atoms with van der Waals surface area (Å²) in [7, 11) is -2.89. The summed E-state index contributed by atoms with van der Waals surface area (Å²) in [4.78, 5) is 4.21. The average Bonchev–Trinajstić information content (AvgIpc) is 2.46. The van der Waals surface area contributed by atoms with Crippen LogP contribution in [0.2, 0.25) is 0 Å². The predicted octanol–water partition coefficient (Wildman–Crippen LogP) is 2.41. The molecule has 1 fully saturated rings. The first-order valence-electron chi connectivity index (χ1n) is 7.18. The van der Waals surface area contributed by atoms with E-state index in [-0.39, 0.29) is 17.3 Å².